The summed E-state index contributed by atoms with van der Waals surface area (Å²) >= 11 is 0. The van der Waals surface area contributed by atoms with Gasteiger partial charge in [0.25, 0.3) is 5.95 Å². The van der Waals surface area contributed by atoms with Crippen molar-refractivity contribution in [1.29, 1.82) is 0 Å². The molecule has 5 aromatic rings. The number of aromatic nitrogens is 6. The van der Waals surface area contributed by atoms with Crippen LogP contribution in [0.3, 0.4) is 0 Å². The minimum atomic E-state index is -0.930. The van der Waals surface area contributed by atoms with E-state index in [9.17, 15) is 4.79 Å². The Hall–Kier alpha value is -4.07. The lowest BCUT2D eigenvalue weighted by atomic mass is 10.0. The lowest BCUT2D eigenvalue weighted by Gasteiger charge is -2.05. The first-order valence-electron chi connectivity index (χ1n) is 9.89. The zero-order valence-corrected chi connectivity index (χ0v) is 17.4. The Morgan fingerprint density at radius 1 is 1.03 bits per heavy atom. The number of aryl methyl sites for hydroxylation is 2. The molecule has 0 bridgehead atoms. The maximum atomic E-state index is 11.1. The summed E-state index contributed by atoms with van der Waals surface area (Å²) in [7, 11) is 1.97. The number of fused-ring (bicyclic) bond motifs is 3. The quantitative estimate of drug-likeness (QED) is 0.484. The monoisotopic (exact) mass is 412 g/mol. The van der Waals surface area contributed by atoms with E-state index in [0.717, 1.165) is 44.6 Å². The van der Waals surface area contributed by atoms with Gasteiger partial charge in [-0.2, -0.15) is 10.1 Å². The lowest BCUT2D eigenvalue weighted by molar-refractivity contribution is 0.0697. The maximum absolute atomic E-state index is 11.1. The SMILES string of the molecule is Cc1nn(-c2nnc3c4ccccc4n(C)c3n2)c(C)c1Cc1ccc(C(=O)O)cc1. The van der Waals surface area contributed by atoms with Crippen LogP contribution in [0.4, 0.5) is 0 Å². The summed E-state index contributed by atoms with van der Waals surface area (Å²) in [4.78, 5) is 15.8. The number of carbonyl (C=O) groups is 1. The van der Waals surface area contributed by atoms with Crippen LogP contribution >= 0.6 is 0 Å². The van der Waals surface area contributed by atoms with E-state index in [4.69, 9.17) is 10.1 Å². The van der Waals surface area contributed by atoms with Crippen LogP contribution in [0.25, 0.3) is 28.0 Å². The van der Waals surface area contributed by atoms with Crippen LogP contribution in [0.1, 0.15) is 32.9 Å². The van der Waals surface area contributed by atoms with Crippen LogP contribution in [0.2, 0.25) is 0 Å². The first-order valence-corrected chi connectivity index (χ1v) is 9.89. The normalized spacial score (nSPS) is 11.5. The average Bonchev–Trinajstić information content (AvgIpc) is 3.22. The fraction of sp³-hybridized carbons (Fsp3) is 0.174. The average molecular weight is 412 g/mol. The topological polar surface area (TPSA) is 98.7 Å². The Morgan fingerprint density at radius 2 is 1.77 bits per heavy atom. The zero-order valence-electron chi connectivity index (χ0n) is 17.4. The molecule has 2 aromatic carbocycles. The Morgan fingerprint density at radius 3 is 2.52 bits per heavy atom. The van der Waals surface area contributed by atoms with Crippen molar-refractivity contribution < 1.29 is 9.90 Å². The minimum absolute atomic E-state index is 0.274. The highest BCUT2D eigenvalue weighted by molar-refractivity contribution is 6.04. The van der Waals surface area contributed by atoms with Crippen molar-refractivity contribution in [1.82, 2.24) is 29.5 Å². The molecule has 31 heavy (non-hydrogen) atoms. The summed E-state index contributed by atoms with van der Waals surface area (Å²) in [5.74, 6) is -0.508. The standard InChI is InChI=1S/C23H20N6O2/c1-13-18(12-15-8-10-16(11-9-15)22(30)31)14(2)29(27-13)23-24-21-20(25-26-23)17-6-4-5-7-19(17)28(21)3/h4-11H,12H2,1-3H3,(H,30,31). The van der Waals surface area contributed by atoms with Gasteiger partial charge < -0.3 is 9.67 Å². The highest BCUT2D eigenvalue weighted by Crippen LogP contribution is 2.26. The molecule has 8 nitrogen and oxygen atoms in total. The molecular formula is C23H20N6O2. The number of nitrogens with zero attached hydrogens (tertiary/aromatic N) is 6. The molecule has 0 aliphatic heterocycles. The summed E-state index contributed by atoms with van der Waals surface area (Å²) in [6, 6.07) is 14.9. The van der Waals surface area contributed by atoms with Gasteiger partial charge in [0, 0.05) is 30.1 Å². The van der Waals surface area contributed by atoms with Gasteiger partial charge in [-0.15, -0.1) is 10.2 Å². The molecule has 1 N–H and O–H groups in total. The van der Waals surface area contributed by atoms with Crippen LogP contribution in [-0.4, -0.2) is 40.6 Å². The van der Waals surface area contributed by atoms with Gasteiger partial charge in [-0.3, -0.25) is 0 Å². The van der Waals surface area contributed by atoms with Gasteiger partial charge >= 0.3 is 5.97 Å². The molecule has 3 heterocycles. The summed E-state index contributed by atoms with van der Waals surface area (Å²) in [6.07, 6.45) is 0.640. The maximum Gasteiger partial charge on any atom is 0.335 e. The van der Waals surface area contributed by atoms with E-state index in [2.05, 4.69) is 15.3 Å². The van der Waals surface area contributed by atoms with E-state index in [1.807, 2.05) is 61.9 Å². The Labute approximate surface area is 177 Å². The minimum Gasteiger partial charge on any atom is -0.478 e. The van der Waals surface area contributed by atoms with Gasteiger partial charge in [-0.05, 0) is 37.6 Å². The number of carboxylic acid groups (broad SMARTS) is 1. The number of benzene rings is 2. The van der Waals surface area contributed by atoms with Crippen molar-refractivity contribution >= 4 is 28.0 Å². The second-order valence-electron chi connectivity index (χ2n) is 7.60. The highest BCUT2D eigenvalue weighted by Gasteiger charge is 2.18. The molecular weight excluding hydrogens is 392 g/mol. The molecule has 8 heteroatoms. The van der Waals surface area contributed by atoms with Gasteiger partial charge in [0.05, 0.1) is 16.8 Å². The van der Waals surface area contributed by atoms with Crippen LogP contribution in [0, 0.1) is 13.8 Å². The molecule has 0 aliphatic rings. The molecule has 0 atom stereocenters. The molecule has 0 fully saturated rings. The van der Waals surface area contributed by atoms with Crippen LogP contribution in [0.5, 0.6) is 0 Å². The Bertz CT molecular complexity index is 1460. The number of rotatable bonds is 4. The van der Waals surface area contributed by atoms with E-state index < -0.39 is 5.97 Å². The first kappa shape index (κ1) is 18.9. The highest BCUT2D eigenvalue weighted by atomic mass is 16.4. The number of para-hydroxylation sites is 1. The van der Waals surface area contributed by atoms with E-state index in [0.29, 0.717) is 12.4 Å². The molecule has 154 valence electrons. The van der Waals surface area contributed by atoms with Crippen LogP contribution in [0.15, 0.2) is 48.5 Å². The zero-order chi connectivity index (χ0) is 21.7. The summed E-state index contributed by atoms with van der Waals surface area (Å²) < 4.78 is 3.74. The summed E-state index contributed by atoms with van der Waals surface area (Å²) in [6.45, 7) is 3.93. The van der Waals surface area contributed by atoms with Crippen molar-refractivity contribution in [3.05, 3.63) is 76.6 Å². The molecule has 0 unspecified atom stereocenters. The van der Waals surface area contributed by atoms with Crippen molar-refractivity contribution in [2.75, 3.05) is 0 Å². The van der Waals surface area contributed by atoms with Gasteiger partial charge in [-0.1, -0.05) is 30.3 Å². The predicted octanol–water partition coefficient (Wildman–Crippen LogP) is 3.61. The van der Waals surface area contributed by atoms with Gasteiger partial charge in [0.15, 0.2) is 5.65 Å². The van der Waals surface area contributed by atoms with E-state index in [1.54, 1.807) is 16.8 Å². The molecule has 0 saturated heterocycles. The molecule has 0 aliphatic carbocycles. The predicted molar refractivity (Wildman–Crippen MR) is 117 cm³/mol. The summed E-state index contributed by atoms with van der Waals surface area (Å²) in [5.41, 5.74) is 6.72. The largest absolute Gasteiger partial charge is 0.478 e. The van der Waals surface area contributed by atoms with Crippen LogP contribution in [-0.2, 0) is 13.5 Å². The molecule has 0 radical (unpaired) electrons. The van der Waals surface area contributed by atoms with Crippen molar-refractivity contribution in [2.45, 2.75) is 20.3 Å². The van der Waals surface area contributed by atoms with Crippen molar-refractivity contribution in [3.8, 4) is 5.95 Å². The lowest BCUT2D eigenvalue weighted by Crippen LogP contribution is -2.07. The second kappa shape index (κ2) is 7.02. The second-order valence-corrected chi connectivity index (χ2v) is 7.60. The third-order valence-corrected chi connectivity index (χ3v) is 5.71. The number of hydrogen-bond donors (Lipinski definition) is 1. The van der Waals surface area contributed by atoms with Crippen LogP contribution < -0.4 is 0 Å². The van der Waals surface area contributed by atoms with Gasteiger partial charge in [0.1, 0.15) is 5.52 Å². The summed E-state index contributed by atoms with van der Waals surface area (Å²) in [5, 5.41) is 23.6. The molecule has 0 saturated carbocycles. The smallest absolute Gasteiger partial charge is 0.335 e. The number of hydrogen-bond acceptors (Lipinski definition) is 5. The van der Waals surface area contributed by atoms with E-state index in [-0.39, 0.29) is 5.56 Å². The molecule has 5 rings (SSSR count). The molecule has 3 aromatic heterocycles. The van der Waals surface area contributed by atoms with Gasteiger partial charge in [-0.25, -0.2) is 9.48 Å². The third-order valence-electron chi connectivity index (χ3n) is 5.71. The third kappa shape index (κ3) is 3.04. The van der Waals surface area contributed by atoms with Crippen molar-refractivity contribution in [2.24, 2.45) is 7.05 Å². The Kier molecular flexibility index (Phi) is 4.28. The number of carboxylic acids is 1. The Balaban J connectivity index is 1.55. The van der Waals surface area contributed by atoms with Crippen molar-refractivity contribution in [3.63, 3.8) is 0 Å². The molecule has 0 amide bonds. The number of aromatic carboxylic acids is 1. The van der Waals surface area contributed by atoms with E-state index >= 15 is 0 Å². The molecule has 0 spiro atoms. The fourth-order valence-corrected chi connectivity index (χ4v) is 3.98. The first-order chi connectivity index (χ1) is 14.9. The fourth-order valence-electron chi connectivity index (χ4n) is 3.98. The van der Waals surface area contributed by atoms with Gasteiger partial charge in [0.2, 0.25) is 0 Å². The van der Waals surface area contributed by atoms with E-state index in [1.165, 1.54) is 0 Å².